The molecule has 26 heavy (non-hydrogen) atoms. The number of halogens is 1. The topological polar surface area (TPSA) is 45.1 Å². The van der Waals surface area contributed by atoms with Gasteiger partial charge in [0, 0.05) is 22.6 Å². The van der Waals surface area contributed by atoms with Crippen LogP contribution in [0.25, 0.3) is 0 Å². The first kappa shape index (κ1) is 15.7. The summed E-state index contributed by atoms with van der Waals surface area (Å²) >= 11 is 7.88. The van der Waals surface area contributed by atoms with Gasteiger partial charge in [0.2, 0.25) is 6.23 Å². The van der Waals surface area contributed by atoms with Crippen LogP contribution >= 0.6 is 22.9 Å². The molecule has 2 aliphatic rings. The highest BCUT2D eigenvalue weighted by molar-refractivity contribution is 7.07. The Hall–Kier alpha value is -2.50. The molecule has 130 valence electrons. The summed E-state index contributed by atoms with van der Waals surface area (Å²) in [6.45, 7) is 0. The minimum absolute atomic E-state index is 0.0751. The van der Waals surface area contributed by atoms with Crippen LogP contribution in [0, 0.1) is 0 Å². The Morgan fingerprint density at radius 1 is 1.15 bits per heavy atom. The van der Waals surface area contributed by atoms with Gasteiger partial charge in [0.25, 0.3) is 0 Å². The lowest BCUT2D eigenvalue weighted by molar-refractivity contribution is -0.0187. The van der Waals surface area contributed by atoms with Crippen molar-refractivity contribution in [1.29, 1.82) is 0 Å². The quantitative estimate of drug-likeness (QED) is 0.649. The normalized spacial score (nSPS) is 21.0. The molecule has 6 heteroatoms. The average Bonchev–Trinajstić information content (AvgIpc) is 3.32. The predicted molar refractivity (Wildman–Crippen MR) is 103 cm³/mol. The number of phenolic OH excluding ortho intramolecular Hbond substituents is 1. The molecule has 0 radical (unpaired) electrons. The van der Waals surface area contributed by atoms with Crippen molar-refractivity contribution in [2.24, 2.45) is 5.10 Å². The monoisotopic (exact) mass is 382 g/mol. The third kappa shape index (κ3) is 2.55. The molecule has 0 bridgehead atoms. The van der Waals surface area contributed by atoms with Gasteiger partial charge in [-0.05, 0) is 64.9 Å². The second-order valence-corrected chi connectivity index (χ2v) is 7.62. The van der Waals surface area contributed by atoms with Crippen molar-refractivity contribution in [1.82, 2.24) is 5.01 Å². The molecule has 0 saturated heterocycles. The molecule has 2 aliphatic heterocycles. The Morgan fingerprint density at radius 2 is 2.00 bits per heavy atom. The van der Waals surface area contributed by atoms with Gasteiger partial charge in [-0.2, -0.15) is 16.4 Å². The van der Waals surface area contributed by atoms with E-state index in [0.717, 1.165) is 34.6 Å². The highest BCUT2D eigenvalue weighted by Gasteiger charge is 2.41. The van der Waals surface area contributed by atoms with Crippen molar-refractivity contribution in [3.8, 4) is 11.5 Å². The number of benzene rings is 2. The highest BCUT2D eigenvalue weighted by Crippen LogP contribution is 2.48. The molecule has 4 nitrogen and oxygen atoms in total. The van der Waals surface area contributed by atoms with Crippen molar-refractivity contribution in [3.63, 3.8) is 0 Å². The number of thiophene rings is 1. The highest BCUT2D eigenvalue weighted by atomic mass is 35.5. The van der Waals surface area contributed by atoms with Gasteiger partial charge >= 0.3 is 0 Å². The average molecular weight is 383 g/mol. The SMILES string of the molecule is Oc1ccc(C2=NN3[C@@H](C2)c2cc(Cl)ccc2O[C@H]3c2ccsc2)cc1. The lowest BCUT2D eigenvalue weighted by atomic mass is 9.96. The molecule has 3 aromatic rings. The largest absolute Gasteiger partial charge is 0.508 e. The number of hydrogen-bond acceptors (Lipinski definition) is 5. The van der Waals surface area contributed by atoms with Crippen LogP contribution in [0.1, 0.15) is 35.4 Å². The number of fused-ring (bicyclic) bond motifs is 3. The Balaban J connectivity index is 1.60. The van der Waals surface area contributed by atoms with E-state index >= 15 is 0 Å². The second kappa shape index (κ2) is 6.04. The van der Waals surface area contributed by atoms with Crippen LogP contribution in [0.2, 0.25) is 5.02 Å². The number of phenols is 1. The van der Waals surface area contributed by atoms with E-state index in [1.54, 1.807) is 23.5 Å². The maximum Gasteiger partial charge on any atom is 0.214 e. The van der Waals surface area contributed by atoms with Crippen molar-refractivity contribution in [2.45, 2.75) is 18.7 Å². The lowest BCUT2D eigenvalue weighted by Gasteiger charge is -2.37. The van der Waals surface area contributed by atoms with Gasteiger partial charge in [0.15, 0.2) is 0 Å². The van der Waals surface area contributed by atoms with Crippen LogP contribution < -0.4 is 4.74 Å². The molecule has 5 rings (SSSR count). The third-order valence-electron chi connectivity index (χ3n) is 4.78. The molecule has 1 aromatic heterocycles. The molecule has 0 aliphatic carbocycles. The standard InChI is InChI=1S/C20H15ClN2O2S/c21-14-3-6-19-16(9-14)18-10-17(12-1-4-15(24)5-2-12)22-23(18)20(25-19)13-7-8-26-11-13/h1-9,11,18,20,24H,10H2/t18-,20-/m0/s1. The fourth-order valence-electron chi connectivity index (χ4n) is 3.52. The molecular formula is C20H15ClN2O2S. The number of hydrazone groups is 1. The molecular weight excluding hydrogens is 368 g/mol. The zero-order chi connectivity index (χ0) is 17.7. The van der Waals surface area contributed by atoms with Crippen LogP contribution in [-0.4, -0.2) is 15.8 Å². The molecule has 0 fully saturated rings. The summed E-state index contributed by atoms with van der Waals surface area (Å²) in [4.78, 5) is 0. The van der Waals surface area contributed by atoms with E-state index in [-0.39, 0.29) is 18.0 Å². The Morgan fingerprint density at radius 3 is 2.77 bits per heavy atom. The van der Waals surface area contributed by atoms with E-state index in [2.05, 4.69) is 11.4 Å². The van der Waals surface area contributed by atoms with Crippen LogP contribution in [0.5, 0.6) is 11.5 Å². The smallest absolute Gasteiger partial charge is 0.214 e. The van der Waals surface area contributed by atoms with E-state index in [0.29, 0.717) is 5.02 Å². The number of rotatable bonds is 2. The van der Waals surface area contributed by atoms with E-state index in [1.807, 2.05) is 40.7 Å². The van der Waals surface area contributed by atoms with Gasteiger partial charge in [-0.15, -0.1) is 0 Å². The first-order valence-corrected chi connectivity index (χ1v) is 9.64. The fraction of sp³-hybridized carbons (Fsp3) is 0.150. The van der Waals surface area contributed by atoms with Gasteiger partial charge < -0.3 is 9.84 Å². The molecule has 3 heterocycles. The molecule has 2 aromatic carbocycles. The first-order valence-electron chi connectivity index (χ1n) is 8.32. The zero-order valence-electron chi connectivity index (χ0n) is 13.7. The summed E-state index contributed by atoms with van der Waals surface area (Å²) in [5.74, 6) is 1.11. The number of nitrogens with zero attached hydrogens (tertiary/aromatic N) is 2. The molecule has 0 amide bonds. The summed E-state index contributed by atoms with van der Waals surface area (Å²) in [5.41, 5.74) is 4.13. The van der Waals surface area contributed by atoms with Gasteiger partial charge in [-0.25, -0.2) is 5.01 Å². The minimum Gasteiger partial charge on any atom is -0.508 e. The number of aromatic hydroxyl groups is 1. The first-order chi connectivity index (χ1) is 12.7. The summed E-state index contributed by atoms with van der Waals surface area (Å²) in [6.07, 6.45) is 0.511. The Kier molecular flexibility index (Phi) is 3.65. The van der Waals surface area contributed by atoms with Gasteiger partial charge in [-0.3, -0.25) is 0 Å². The fourth-order valence-corrected chi connectivity index (χ4v) is 4.37. The predicted octanol–water partition coefficient (Wildman–Crippen LogP) is 5.35. The van der Waals surface area contributed by atoms with Crippen LogP contribution in [0.4, 0.5) is 0 Å². The van der Waals surface area contributed by atoms with Gasteiger partial charge in [-0.1, -0.05) is 11.6 Å². The molecule has 0 unspecified atom stereocenters. The maximum atomic E-state index is 9.55. The lowest BCUT2D eigenvalue weighted by Crippen LogP contribution is -2.33. The molecule has 1 N–H and O–H groups in total. The number of ether oxygens (including phenoxy) is 1. The summed E-state index contributed by atoms with van der Waals surface area (Å²) < 4.78 is 6.28. The van der Waals surface area contributed by atoms with Crippen molar-refractivity contribution >= 4 is 28.6 Å². The third-order valence-corrected chi connectivity index (χ3v) is 5.72. The summed E-state index contributed by atoms with van der Waals surface area (Å²) in [6, 6.07) is 15.1. The van der Waals surface area contributed by atoms with Crippen LogP contribution in [0.3, 0.4) is 0 Å². The van der Waals surface area contributed by atoms with Crippen molar-refractivity contribution in [2.75, 3.05) is 0 Å². The van der Waals surface area contributed by atoms with Gasteiger partial charge in [0.05, 0.1) is 11.8 Å². The second-order valence-electron chi connectivity index (χ2n) is 6.40. The molecule has 0 saturated carbocycles. The molecule has 2 atom stereocenters. The van der Waals surface area contributed by atoms with Crippen molar-refractivity contribution < 1.29 is 9.84 Å². The van der Waals surface area contributed by atoms with E-state index in [9.17, 15) is 5.11 Å². The molecule has 0 spiro atoms. The Bertz CT molecular complexity index is 986. The Labute approximate surface area is 159 Å². The van der Waals surface area contributed by atoms with E-state index < -0.39 is 0 Å². The number of hydrogen-bond donors (Lipinski definition) is 1. The maximum absolute atomic E-state index is 9.55. The van der Waals surface area contributed by atoms with Gasteiger partial charge in [0.1, 0.15) is 11.5 Å². The summed E-state index contributed by atoms with van der Waals surface area (Å²) in [7, 11) is 0. The summed E-state index contributed by atoms with van der Waals surface area (Å²) in [5, 5.41) is 21.3. The minimum atomic E-state index is -0.255. The van der Waals surface area contributed by atoms with Crippen molar-refractivity contribution in [3.05, 3.63) is 81.0 Å². The van der Waals surface area contributed by atoms with E-state index in [1.165, 1.54) is 0 Å². The van der Waals surface area contributed by atoms with E-state index in [4.69, 9.17) is 21.4 Å². The van der Waals surface area contributed by atoms with Crippen LogP contribution in [-0.2, 0) is 0 Å². The van der Waals surface area contributed by atoms with Crippen LogP contribution in [0.15, 0.2) is 64.4 Å². The zero-order valence-corrected chi connectivity index (χ0v) is 15.2.